The summed E-state index contributed by atoms with van der Waals surface area (Å²) in [5.41, 5.74) is 9.93. The van der Waals surface area contributed by atoms with E-state index in [1.165, 1.54) is 24.6 Å². The number of carbonyl (C=O) groups is 2. The molecule has 4 aromatic rings. The van der Waals surface area contributed by atoms with E-state index >= 15 is 0 Å². The number of aromatic nitrogens is 1. The first-order valence-corrected chi connectivity index (χ1v) is 16.5. The molecule has 0 unspecified atom stereocenters. The number of hydrogen-bond donors (Lipinski definition) is 2. The Morgan fingerprint density at radius 1 is 1.04 bits per heavy atom. The van der Waals surface area contributed by atoms with Gasteiger partial charge in [-0.1, -0.05) is 31.9 Å². The normalized spacial score (nSPS) is 14.6. The predicted molar refractivity (Wildman–Crippen MR) is 182 cm³/mol. The average Bonchev–Trinajstić information content (AvgIpc) is 3.67. The van der Waals surface area contributed by atoms with Crippen molar-refractivity contribution >= 4 is 11.7 Å². The van der Waals surface area contributed by atoms with Crippen molar-refractivity contribution in [3.8, 4) is 23.8 Å². The number of benzene rings is 3. The summed E-state index contributed by atoms with van der Waals surface area (Å²) >= 11 is 0. The molecule has 48 heavy (non-hydrogen) atoms. The van der Waals surface area contributed by atoms with Crippen LogP contribution in [0.4, 0.5) is 8.78 Å². The van der Waals surface area contributed by atoms with Crippen LogP contribution in [0.25, 0.3) is 11.5 Å². The van der Waals surface area contributed by atoms with Crippen LogP contribution >= 0.6 is 0 Å². The minimum atomic E-state index is -0.686. The number of rotatable bonds is 16. The van der Waals surface area contributed by atoms with Crippen LogP contribution in [0.5, 0.6) is 0 Å². The fourth-order valence-corrected chi connectivity index (χ4v) is 6.26. The number of amides is 1. The van der Waals surface area contributed by atoms with Gasteiger partial charge in [0.15, 0.2) is 5.78 Å². The van der Waals surface area contributed by atoms with E-state index in [-0.39, 0.29) is 30.1 Å². The average molecular weight is 653 g/mol. The summed E-state index contributed by atoms with van der Waals surface area (Å²) in [6.45, 7) is 5.59. The van der Waals surface area contributed by atoms with Crippen molar-refractivity contribution in [2.75, 3.05) is 19.6 Å². The van der Waals surface area contributed by atoms with Crippen molar-refractivity contribution in [2.24, 2.45) is 11.7 Å². The molecule has 3 N–H and O–H groups in total. The van der Waals surface area contributed by atoms with E-state index < -0.39 is 23.6 Å². The third-order valence-corrected chi connectivity index (χ3v) is 8.94. The lowest BCUT2D eigenvalue weighted by atomic mass is 9.87. The first-order chi connectivity index (χ1) is 23.1. The molecule has 0 radical (unpaired) electrons. The van der Waals surface area contributed by atoms with Crippen LogP contribution in [0.2, 0.25) is 0 Å². The topological polar surface area (TPSA) is 101 Å². The summed E-state index contributed by atoms with van der Waals surface area (Å²) in [7, 11) is 0. The molecule has 3 aromatic carbocycles. The number of oxazole rings is 1. The second-order valence-electron chi connectivity index (χ2n) is 12.6. The van der Waals surface area contributed by atoms with Gasteiger partial charge in [0.05, 0.1) is 6.20 Å². The van der Waals surface area contributed by atoms with E-state index in [2.05, 4.69) is 16.2 Å². The summed E-state index contributed by atoms with van der Waals surface area (Å²) in [5, 5.41) is 3.66. The monoisotopic (exact) mass is 652 g/mol. The van der Waals surface area contributed by atoms with Crippen LogP contribution < -0.4 is 11.1 Å². The van der Waals surface area contributed by atoms with Crippen molar-refractivity contribution in [3.05, 3.63) is 113 Å². The lowest BCUT2D eigenvalue weighted by Gasteiger charge is -2.28. The maximum atomic E-state index is 14.1. The standard InChI is InChI=1S/C39H42F2N4O3/c1-4-13-45(14-5-2)38(47)30-21-28(20-29(22-30)37-43-12-15-48-37)36(46)23-31(35(42)19-27-17-33(40)24-34(41)18-27)25-44-39(10-11-39)32-9-7-8-26(6-3)16-32/h3,7-9,12,15-18,20-22,24,31,35,44H,4-5,10-11,13-14,19,23,25,42H2,1-2H3/t31-,35+/m1/s1. The quantitative estimate of drug-likeness (QED) is 0.101. The molecule has 0 spiro atoms. The number of nitrogens with two attached hydrogens (primary N) is 1. The summed E-state index contributed by atoms with van der Waals surface area (Å²) < 4.78 is 33.7. The highest BCUT2D eigenvalue weighted by Crippen LogP contribution is 2.46. The number of Topliss-reactive ketones (excluding diaryl/α,β-unsaturated/α-hetero) is 1. The summed E-state index contributed by atoms with van der Waals surface area (Å²) in [4.78, 5) is 33.8. The molecule has 1 aliphatic rings. The van der Waals surface area contributed by atoms with Gasteiger partial charge in [-0.3, -0.25) is 9.59 Å². The molecule has 0 aliphatic heterocycles. The van der Waals surface area contributed by atoms with Crippen molar-refractivity contribution in [1.82, 2.24) is 15.2 Å². The molecule has 1 saturated carbocycles. The molecule has 1 aliphatic carbocycles. The molecule has 1 amide bonds. The number of nitrogens with zero attached hydrogens (tertiary/aromatic N) is 2. The Hall–Kier alpha value is -4.65. The first-order valence-electron chi connectivity index (χ1n) is 16.5. The molecule has 1 heterocycles. The van der Waals surface area contributed by atoms with Gasteiger partial charge in [0, 0.05) is 66.0 Å². The zero-order valence-electron chi connectivity index (χ0n) is 27.5. The van der Waals surface area contributed by atoms with Gasteiger partial charge in [0.2, 0.25) is 5.89 Å². The highest BCUT2D eigenvalue weighted by molar-refractivity contribution is 6.02. The Balaban J connectivity index is 1.44. The number of ketones is 1. The van der Waals surface area contributed by atoms with Gasteiger partial charge >= 0.3 is 0 Å². The molecular weight excluding hydrogens is 610 g/mol. The lowest BCUT2D eigenvalue weighted by Crippen LogP contribution is -2.43. The number of hydrogen-bond acceptors (Lipinski definition) is 6. The summed E-state index contributed by atoms with van der Waals surface area (Å²) in [6, 6.07) is 15.6. The second kappa shape index (κ2) is 15.5. The number of carbonyl (C=O) groups excluding carboxylic acids is 2. The fraction of sp³-hybridized carbons (Fsp3) is 0.359. The molecule has 5 rings (SSSR count). The Bertz CT molecular complexity index is 1750. The molecule has 1 fully saturated rings. The maximum Gasteiger partial charge on any atom is 0.253 e. The Morgan fingerprint density at radius 3 is 2.38 bits per heavy atom. The second-order valence-corrected chi connectivity index (χ2v) is 12.6. The van der Waals surface area contributed by atoms with E-state index in [9.17, 15) is 18.4 Å². The number of nitrogens with one attached hydrogen (secondary N) is 1. The lowest BCUT2D eigenvalue weighted by molar-refractivity contribution is 0.0755. The van der Waals surface area contributed by atoms with Crippen molar-refractivity contribution in [1.29, 1.82) is 0 Å². The van der Waals surface area contributed by atoms with Crippen molar-refractivity contribution in [2.45, 2.75) is 64.0 Å². The highest BCUT2D eigenvalue weighted by Gasteiger charge is 2.44. The third kappa shape index (κ3) is 8.43. The van der Waals surface area contributed by atoms with Gasteiger partial charge in [-0.2, -0.15) is 0 Å². The minimum absolute atomic E-state index is 0.0305. The van der Waals surface area contributed by atoms with E-state index in [0.717, 1.165) is 42.9 Å². The number of halogens is 2. The highest BCUT2D eigenvalue weighted by atomic mass is 19.1. The van der Waals surface area contributed by atoms with Crippen LogP contribution in [0.15, 0.2) is 77.5 Å². The van der Waals surface area contributed by atoms with Gasteiger partial charge in [-0.15, -0.1) is 6.42 Å². The van der Waals surface area contributed by atoms with Crippen LogP contribution in [0.3, 0.4) is 0 Å². The molecule has 7 nitrogen and oxygen atoms in total. The van der Waals surface area contributed by atoms with Gasteiger partial charge in [-0.05, 0) is 91.6 Å². The predicted octanol–water partition coefficient (Wildman–Crippen LogP) is 6.90. The number of terminal acetylenes is 1. The van der Waals surface area contributed by atoms with E-state index in [4.69, 9.17) is 16.6 Å². The zero-order chi connectivity index (χ0) is 34.3. The Labute approximate surface area is 280 Å². The zero-order valence-corrected chi connectivity index (χ0v) is 27.5. The first kappa shape index (κ1) is 34.7. The van der Waals surface area contributed by atoms with Crippen LogP contribution in [-0.2, 0) is 12.0 Å². The van der Waals surface area contributed by atoms with E-state index in [0.29, 0.717) is 47.8 Å². The van der Waals surface area contributed by atoms with E-state index in [1.54, 1.807) is 23.1 Å². The Kier molecular flexibility index (Phi) is 11.2. The molecule has 250 valence electrons. The smallest absolute Gasteiger partial charge is 0.253 e. The summed E-state index contributed by atoms with van der Waals surface area (Å²) in [5.74, 6) is 0.799. The van der Waals surface area contributed by atoms with Gasteiger partial charge < -0.3 is 20.4 Å². The molecular formula is C39H42F2N4O3. The Morgan fingerprint density at radius 2 is 1.75 bits per heavy atom. The molecule has 0 saturated heterocycles. The largest absolute Gasteiger partial charge is 0.445 e. The third-order valence-electron chi connectivity index (χ3n) is 8.94. The fourth-order valence-electron chi connectivity index (χ4n) is 6.26. The van der Waals surface area contributed by atoms with Gasteiger partial charge in [0.25, 0.3) is 5.91 Å². The van der Waals surface area contributed by atoms with Crippen molar-refractivity contribution < 1.29 is 22.8 Å². The van der Waals surface area contributed by atoms with Crippen LogP contribution in [0, 0.1) is 29.9 Å². The SMILES string of the molecule is C#Cc1cccc(C2(NC[C@@H](CC(=O)c3cc(C(=O)N(CCC)CCC)cc(-c4ncco4)c3)[C@@H](N)Cc3cc(F)cc(F)c3)CC2)c1. The van der Waals surface area contributed by atoms with Crippen molar-refractivity contribution in [3.63, 3.8) is 0 Å². The van der Waals surface area contributed by atoms with Gasteiger partial charge in [-0.25, -0.2) is 13.8 Å². The molecule has 2 atom stereocenters. The van der Waals surface area contributed by atoms with Gasteiger partial charge in [0.1, 0.15) is 17.9 Å². The van der Waals surface area contributed by atoms with E-state index in [1.807, 2.05) is 38.1 Å². The molecule has 0 bridgehead atoms. The molecule has 9 heteroatoms. The van der Waals surface area contributed by atoms with Crippen LogP contribution in [0.1, 0.15) is 83.4 Å². The minimum Gasteiger partial charge on any atom is -0.445 e. The summed E-state index contributed by atoms with van der Waals surface area (Å²) in [6.07, 6.45) is 12.2. The maximum absolute atomic E-state index is 14.1. The molecule has 1 aromatic heterocycles. The van der Waals surface area contributed by atoms with Crippen LogP contribution in [-0.4, -0.2) is 47.3 Å².